The van der Waals surface area contributed by atoms with Gasteiger partial charge in [-0.2, -0.15) is 0 Å². The van der Waals surface area contributed by atoms with Crippen LogP contribution in [0.25, 0.3) is 10.8 Å². The van der Waals surface area contributed by atoms with E-state index in [9.17, 15) is 0 Å². The molecule has 1 saturated carbocycles. The van der Waals surface area contributed by atoms with Gasteiger partial charge in [-0.3, -0.25) is 0 Å². The summed E-state index contributed by atoms with van der Waals surface area (Å²) in [5.74, 6) is 0. The second-order valence-electron chi connectivity index (χ2n) is 6.26. The van der Waals surface area contributed by atoms with Crippen LogP contribution in [0.5, 0.6) is 0 Å². The molecular formula is C18H20Br2. The molecule has 1 aliphatic rings. The van der Waals surface area contributed by atoms with Crippen molar-refractivity contribution in [3.63, 3.8) is 0 Å². The number of benzene rings is 2. The van der Waals surface area contributed by atoms with E-state index in [1.807, 2.05) is 0 Å². The molecule has 0 spiro atoms. The van der Waals surface area contributed by atoms with E-state index in [-0.39, 0.29) is 0 Å². The molecule has 106 valence electrons. The van der Waals surface area contributed by atoms with Gasteiger partial charge < -0.3 is 0 Å². The second-order valence-corrected chi connectivity index (χ2v) is 8.03. The third-order valence-electron chi connectivity index (χ3n) is 4.79. The van der Waals surface area contributed by atoms with Crippen molar-refractivity contribution in [3.05, 3.63) is 46.4 Å². The van der Waals surface area contributed by atoms with Crippen LogP contribution in [0.15, 0.2) is 40.9 Å². The Balaban J connectivity index is 2.08. The Hall–Kier alpha value is -0.340. The minimum absolute atomic E-state index is 0.384. The lowest BCUT2D eigenvalue weighted by atomic mass is 9.71. The molecule has 1 fully saturated rings. The van der Waals surface area contributed by atoms with Crippen LogP contribution in [0.4, 0.5) is 0 Å². The molecule has 0 N–H and O–H groups in total. The standard InChI is InChI=1S/C18H20Br2/c1-18(11-5-2-6-12-18)17(20)15-9-10-16(19)14-8-4-3-7-13(14)15/h3-4,7-10,17H,2,5-6,11-12H2,1H3. The van der Waals surface area contributed by atoms with Crippen molar-refractivity contribution in [1.82, 2.24) is 0 Å². The topological polar surface area (TPSA) is 0 Å². The first kappa shape index (κ1) is 14.6. The lowest BCUT2D eigenvalue weighted by molar-refractivity contribution is 0.213. The summed E-state index contributed by atoms with van der Waals surface area (Å²) in [5, 5.41) is 2.68. The van der Waals surface area contributed by atoms with Gasteiger partial charge in [-0.15, -0.1) is 0 Å². The third kappa shape index (κ3) is 2.57. The molecule has 3 rings (SSSR count). The highest BCUT2D eigenvalue weighted by molar-refractivity contribution is 9.10. The van der Waals surface area contributed by atoms with Crippen LogP contribution in [0.1, 0.15) is 49.4 Å². The van der Waals surface area contributed by atoms with E-state index >= 15 is 0 Å². The maximum atomic E-state index is 4.03. The Bertz CT molecular complexity index is 612. The second kappa shape index (κ2) is 5.81. The van der Waals surface area contributed by atoms with Crippen LogP contribution < -0.4 is 0 Å². The fourth-order valence-corrected chi connectivity index (χ4v) is 4.83. The van der Waals surface area contributed by atoms with Gasteiger partial charge in [0.05, 0.1) is 0 Å². The van der Waals surface area contributed by atoms with Crippen LogP contribution in [-0.4, -0.2) is 0 Å². The van der Waals surface area contributed by atoms with Gasteiger partial charge in [0.1, 0.15) is 0 Å². The van der Waals surface area contributed by atoms with E-state index < -0.39 is 0 Å². The summed E-state index contributed by atoms with van der Waals surface area (Å²) in [6.45, 7) is 2.45. The zero-order valence-corrected chi connectivity index (χ0v) is 15.0. The molecule has 1 atom stereocenters. The molecule has 0 radical (unpaired) electrons. The Morgan fingerprint density at radius 1 is 0.950 bits per heavy atom. The Morgan fingerprint density at radius 2 is 1.60 bits per heavy atom. The fourth-order valence-electron chi connectivity index (χ4n) is 3.49. The summed E-state index contributed by atoms with van der Waals surface area (Å²) in [4.78, 5) is 0.438. The first-order chi connectivity index (χ1) is 9.62. The maximum Gasteiger partial charge on any atom is 0.0455 e. The monoisotopic (exact) mass is 394 g/mol. The van der Waals surface area contributed by atoms with Gasteiger partial charge >= 0.3 is 0 Å². The molecule has 0 aromatic heterocycles. The molecule has 0 saturated heterocycles. The first-order valence-electron chi connectivity index (χ1n) is 7.43. The van der Waals surface area contributed by atoms with E-state index in [1.54, 1.807) is 0 Å². The summed E-state index contributed by atoms with van der Waals surface area (Å²) >= 11 is 7.71. The van der Waals surface area contributed by atoms with Crippen molar-refractivity contribution < 1.29 is 0 Å². The number of hydrogen-bond donors (Lipinski definition) is 0. The third-order valence-corrected chi connectivity index (χ3v) is 7.08. The van der Waals surface area contributed by atoms with Crippen molar-refractivity contribution in [3.8, 4) is 0 Å². The van der Waals surface area contributed by atoms with Crippen molar-refractivity contribution in [2.45, 2.75) is 43.9 Å². The van der Waals surface area contributed by atoms with Gasteiger partial charge in [0.25, 0.3) is 0 Å². The Kier molecular flexibility index (Phi) is 4.24. The Morgan fingerprint density at radius 3 is 2.30 bits per heavy atom. The average Bonchev–Trinajstić information content (AvgIpc) is 2.48. The number of alkyl halides is 1. The molecule has 2 aromatic carbocycles. The minimum Gasteiger partial charge on any atom is -0.0833 e. The number of fused-ring (bicyclic) bond motifs is 1. The van der Waals surface area contributed by atoms with E-state index in [2.05, 4.69) is 75.2 Å². The van der Waals surface area contributed by atoms with Gasteiger partial charge in [0.2, 0.25) is 0 Å². The fraction of sp³-hybridized carbons (Fsp3) is 0.444. The van der Waals surface area contributed by atoms with E-state index in [0.717, 1.165) is 0 Å². The van der Waals surface area contributed by atoms with E-state index in [4.69, 9.17) is 0 Å². The summed E-state index contributed by atoms with van der Waals surface area (Å²) in [7, 11) is 0. The zero-order chi connectivity index (χ0) is 14.2. The maximum absolute atomic E-state index is 4.03. The zero-order valence-electron chi connectivity index (χ0n) is 11.8. The highest BCUT2D eigenvalue weighted by atomic mass is 79.9. The summed E-state index contributed by atoms with van der Waals surface area (Å²) < 4.78 is 1.19. The predicted molar refractivity (Wildman–Crippen MR) is 94.5 cm³/mol. The smallest absolute Gasteiger partial charge is 0.0455 e. The van der Waals surface area contributed by atoms with Crippen molar-refractivity contribution in [2.75, 3.05) is 0 Å². The Labute approximate surface area is 138 Å². The summed E-state index contributed by atoms with van der Waals surface area (Å²) in [6, 6.07) is 13.2. The summed E-state index contributed by atoms with van der Waals surface area (Å²) in [6.07, 6.45) is 6.79. The van der Waals surface area contributed by atoms with Crippen LogP contribution in [0.2, 0.25) is 0 Å². The molecule has 0 amide bonds. The molecule has 0 nitrogen and oxygen atoms in total. The quantitative estimate of drug-likeness (QED) is 0.479. The van der Waals surface area contributed by atoms with Crippen LogP contribution >= 0.6 is 31.9 Å². The number of halogens is 2. The van der Waals surface area contributed by atoms with Crippen LogP contribution in [0, 0.1) is 5.41 Å². The minimum atomic E-state index is 0.384. The SMILES string of the molecule is CC1(C(Br)c2ccc(Br)c3ccccc23)CCCCC1. The van der Waals surface area contributed by atoms with Gasteiger partial charge in [0, 0.05) is 9.30 Å². The van der Waals surface area contributed by atoms with Crippen molar-refractivity contribution in [1.29, 1.82) is 0 Å². The summed E-state index contributed by atoms with van der Waals surface area (Å²) in [5.41, 5.74) is 1.82. The number of rotatable bonds is 2. The molecule has 2 aromatic rings. The van der Waals surface area contributed by atoms with E-state index in [1.165, 1.54) is 52.9 Å². The van der Waals surface area contributed by atoms with Crippen LogP contribution in [-0.2, 0) is 0 Å². The van der Waals surface area contributed by atoms with Gasteiger partial charge in [-0.05, 0) is 40.7 Å². The molecule has 2 heteroatoms. The first-order valence-corrected chi connectivity index (χ1v) is 9.14. The normalized spacial score (nSPS) is 19.9. The molecule has 1 aliphatic carbocycles. The van der Waals surface area contributed by atoms with E-state index in [0.29, 0.717) is 10.2 Å². The lowest BCUT2D eigenvalue weighted by Gasteiger charge is -2.38. The molecule has 20 heavy (non-hydrogen) atoms. The molecule has 1 unspecified atom stereocenters. The predicted octanol–water partition coefficient (Wildman–Crippen LogP) is 7.01. The van der Waals surface area contributed by atoms with Gasteiger partial charge in [0.15, 0.2) is 0 Å². The molecule has 0 bridgehead atoms. The molecule has 0 heterocycles. The highest BCUT2D eigenvalue weighted by Crippen LogP contribution is 2.51. The van der Waals surface area contributed by atoms with Crippen molar-refractivity contribution >= 4 is 42.6 Å². The number of hydrogen-bond acceptors (Lipinski definition) is 0. The van der Waals surface area contributed by atoms with Gasteiger partial charge in [-0.25, -0.2) is 0 Å². The molecular weight excluding hydrogens is 376 g/mol. The highest BCUT2D eigenvalue weighted by Gasteiger charge is 2.35. The van der Waals surface area contributed by atoms with Gasteiger partial charge in [-0.1, -0.05) is 88.4 Å². The molecule has 0 aliphatic heterocycles. The van der Waals surface area contributed by atoms with Crippen molar-refractivity contribution in [2.24, 2.45) is 5.41 Å². The largest absolute Gasteiger partial charge is 0.0833 e. The lowest BCUT2D eigenvalue weighted by Crippen LogP contribution is -2.25. The average molecular weight is 396 g/mol. The van der Waals surface area contributed by atoms with Crippen LogP contribution in [0.3, 0.4) is 0 Å².